The molecule has 0 aliphatic rings. The molecular formula is C14H18N4O. The Morgan fingerprint density at radius 2 is 1.95 bits per heavy atom. The van der Waals surface area contributed by atoms with Gasteiger partial charge in [-0.2, -0.15) is 4.98 Å². The number of aromatic hydroxyl groups is 1. The van der Waals surface area contributed by atoms with E-state index < -0.39 is 0 Å². The van der Waals surface area contributed by atoms with Crippen LogP contribution >= 0.6 is 0 Å². The van der Waals surface area contributed by atoms with E-state index in [1.807, 2.05) is 30.3 Å². The van der Waals surface area contributed by atoms with Gasteiger partial charge in [-0.3, -0.25) is 0 Å². The highest BCUT2D eigenvalue weighted by Gasteiger charge is 2.14. The number of nitrogens with two attached hydrogens (primary N) is 1. The molecule has 1 aromatic carbocycles. The molecule has 4 N–H and O–H groups in total. The fraction of sp³-hybridized carbons (Fsp3) is 0.286. The van der Waals surface area contributed by atoms with Crippen molar-refractivity contribution >= 4 is 11.5 Å². The average molecular weight is 258 g/mol. The molecule has 0 aliphatic heterocycles. The predicted molar refractivity (Wildman–Crippen MR) is 75.9 cm³/mol. The molecule has 5 nitrogen and oxygen atoms in total. The van der Waals surface area contributed by atoms with Crippen molar-refractivity contribution in [2.45, 2.75) is 26.3 Å². The number of nitrogen functional groups attached to an aromatic ring is 1. The number of nitrogens with zero attached hydrogens (tertiary/aromatic N) is 2. The van der Waals surface area contributed by atoms with Crippen molar-refractivity contribution in [1.29, 1.82) is 0 Å². The minimum atomic E-state index is -0.182. The van der Waals surface area contributed by atoms with Crippen LogP contribution in [0.15, 0.2) is 30.3 Å². The lowest BCUT2D eigenvalue weighted by molar-refractivity contribution is 0.453. The van der Waals surface area contributed by atoms with E-state index in [4.69, 9.17) is 5.73 Å². The van der Waals surface area contributed by atoms with Gasteiger partial charge in [-0.25, -0.2) is 4.98 Å². The Morgan fingerprint density at radius 3 is 2.58 bits per heavy atom. The Morgan fingerprint density at radius 1 is 1.26 bits per heavy atom. The van der Waals surface area contributed by atoms with Crippen LogP contribution in [0.4, 0.5) is 11.5 Å². The maximum absolute atomic E-state index is 9.62. The maximum atomic E-state index is 9.62. The fourth-order valence-corrected chi connectivity index (χ4v) is 1.95. The van der Waals surface area contributed by atoms with Gasteiger partial charge in [0.05, 0.1) is 6.04 Å². The Hall–Kier alpha value is -2.30. The zero-order valence-corrected chi connectivity index (χ0v) is 11.1. The normalized spacial score (nSPS) is 12.1. The minimum Gasteiger partial charge on any atom is -0.492 e. The summed E-state index contributed by atoms with van der Waals surface area (Å²) >= 11 is 0. The molecule has 5 heteroatoms. The zero-order chi connectivity index (χ0) is 13.8. The first-order chi connectivity index (χ1) is 9.11. The third kappa shape index (κ3) is 2.93. The predicted octanol–water partition coefficient (Wildman–Crippen LogP) is 2.64. The molecule has 0 saturated heterocycles. The highest BCUT2D eigenvalue weighted by atomic mass is 16.3. The molecule has 0 spiro atoms. The quantitative estimate of drug-likeness (QED) is 0.785. The van der Waals surface area contributed by atoms with E-state index in [0.717, 1.165) is 12.0 Å². The van der Waals surface area contributed by atoms with Crippen LogP contribution in [0.5, 0.6) is 5.88 Å². The summed E-state index contributed by atoms with van der Waals surface area (Å²) < 4.78 is 0. The van der Waals surface area contributed by atoms with E-state index >= 15 is 0 Å². The van der Waals surface area contributed by atoms with Crippen molar-refractivity contribution in [2.75, 3.05) is 11.1 Å². The second-order valence-corrected chi connectivity index (χ2v) is 4.37. The van der Waals surface area contributed by atoms with Crippen LogP contribution in [-0.2, 0) is 0 Å². The molecule has 1 unspecified atom stereocenters. The molecule has 2 aromatic rings. The third-order valence-electron chi connectivity index (χ3n) is 2.96. The van der Waals surface area contributed by atoms with Gasteiger partial charge in [-0.1, -0.05) is 37.3 Å². The summed E-state index contributed by atoms with van der Waals surface area (Å²) in [5.41, 5.74) is 7.13. The Balaban J connectivity index is 2.29. The van der Waals surface area contributed by atoms with Gasteiger partial charge in [-0.05, 0) is 18.9 Å². The van der Waals surface area contributed by atoms with Gasteiger partial charge in [0.15, 0.2) is 5.82 Å². The van der Waals surface area contributed by atoms with Crippen LogP contribution in [0.1, 0.15) is 30.8 Å². The number of rotatable bonds is 4. The van der Waals surface area contributed by atoms with Crippen molar-refractivity contribution in [3.63, 3.8) is 0 Å². The smallest absolute Gasteiger partial charge is 0.240 e. The molecule has 0 amide bonds. The number of nitrogens with one attached hydrogen (secondary N) is 1. The van der Waals surface area contributed by atoms with Gasteiger partial charge < -0.3 is 16.2 Å². The minimum absolute atomic E-state index is 0.0946. The highest BCUT2D eigenvalue weighted by Crippen LogP contribution is 2.29. The highest BCUT2D eigenvalue weighted by molar-refractivity contribution is 5.67. The maximum Gasteiger partial charge on any atom is 0.240 e. The molecule has 0 aliphatic carbocycles. The van der Waals surface area contributed by atoms with Crippen molar-refractivity contribution in [3.05, 3.63) is 41.7 Å². The van der Waals surface area contributed by atoms with Gasteiger partial charge >= 0.3 is 0 Å². The summed E-state index contributed by atoms with van der Waals surface area (Å²) in [6.45, 7) is 3.79. The Bertz CT molecular complexity index is 557. The van der Waals surface area contributed by atoms with Crippen LogP contribution in [0.3, 0.4) is 0 Å². The Kier molecular flexibility index (Phi) is 3.85. The first kappa shape index (κ1) is 13.1. The first-order valence-corrected chi connectivity index (χ1v) is 6.26. The topological polar surface area (TPSA) is 84.1 Å². The number of hydrogen-bond acceptors (Lipinski definition) is 5. The summed E-state index contributed by atoms with van der Waals surface area (Å²) in [7, 11) is 0. The summed E-state index contributed by atoms with van der Waals surface area (Å²) in [6, 6.07) is 10.1. The number of hydrogen-bond donors (Lipinski definition) is 3. The lowest BCUT2D eigenvalue weighted by Crippen LogP contribution is -2.13. The summed E-state index contributed by atoms with van der Waals surface area (Å²) in [6.07, 6.45) is 0.882. The largest absolute Gasteiger partial charge is 0.492 e. The van der Waals surface area contributed by atoms with Gasteiger partial charge in [-0.15, -0.1) is 0 Å². The van der Waals surface area contributed by atoms with Crippen LogP contribution in [0.2, 0.25) is 0 Å². The van der Waals surface area contributed by atoms with Crippen molar-refractivity contribution in [2.24, 2.45) is 0 Å². The van der Waals surface area contributed by atoms with Crippen LogP contribution < -0.4 is 11.1 Å². The molecule has 1 heterocycles. The summed E-state index contributed by atoms with van der Waals surface area (Å²) in [4.78, 5) is 8.06. The van der Waals surface area contributed by atoms with Crippen molar-refractivity contribution in [3.8, 4) is 5.88 Å². The molecule has 19 heavy (non-hydrogen) atoms. The van der Waals surface area contributed by atoms with Crippen molar-refractivity contribution in [1.82, 2.24) is 9.97 Å². The zero-order valence-electron chi connectivity index (χ0n) is 11.1. The lowest BCUT2D eigenvalue weighted by atomic mass is 10.0. The molecule has 2 rings (SSSR count). The molecule has 100 valence electrons. The standard InChI is InChI=1S/C14H18N4O/c1-3-11(10-7-5-4-6-8-10)18-13-12(15)14(19)17-9(2)16-13/h4-8,11H,3,15H2,1-2H3,(H2,16,17,18,19). The van der Waals surface area contributed by atoms with E-state index in [1.54, 1.807) is 6.92 Å². The van der Waals surface area contributed by atoms with E-state index in [9.17, 15) is 5.11 Å². The van der Waals surface area contributed by atoms with Gasteiger partial charge in [0.1, 0.15) is 11.5 Å². The summed E-state index contributed by atoms with van der Waals surface area (Å²) in [5, 5.41) is 12.9. The van der Waals surface area contributed by atoms with Crippen molar-refractivity contribution < 1.29 is 5.11 Å². The number of benzene rings is 1. The molecule has 0 radical (unpaired) electrons. The molecule has 0 fully saturated rings. The van der Waals surface area contributed by atoms with Gasteiger partial charge in [0, 0.05) is 0 Å². The number of anilines is 2. The third-order valence-corrected chi connectivity index (χ3v) is 2.96. The van der Waals surface area contributed by atoms with Crippen LogP contribution in [-0.4, -0.2) is 15.1 Å². The molecule has 0 saturated carbocycles. The SMILES string of the molecule is CCC(Nc1nc(C)nc(O)c1N)c1ccccc1. The summed E-state index contributed by atoms with van der Waals surface area (Å²) in [5.74, 6) is 0.774. The van der Waals surface area contributed by atoms with Gasteiger partial charge in [0.25, 0.3) is 0 Å². The molecule has 1 atom stereocenters. The monoisotopic (exact) mass is 258 g/mol. The van der Waals surface area contributed by atoms with E-state index in [-0.39, 0.29) is 17.6 Å². The average Bonchev–Trinajstić information content (AvgIpc) is 2.42. The van der Waals surface area contributed by atoms with Crippen LogP contribution in [0.25, 0.3) is 0 Å². The molecule has 0 bridgehead atoms. The first-order valence-electron chi connectivity index (χ1n) is 6.26. The molecular weight excluding hydrogens is 240 g/mol. The second-order valence-electron chi connectivity index (χ2n) is 4.37. The van der Waals surface area contributed by atoms with E-state index in [1.165, 1.54) is 0 Å². The Labute approximate surface area is 112 Å². The number of aryl methyl sites for hydroxylation is 1. The lowest BCUT2D eigenvalue weighted by Gasteiger charge is -2.19. The van der Waals surface area contributed by atoms with Crippen LogP contribution in [0, 0.1) is 6.92 Å². The van der Waals surface area contributed by atoms with E-state index in [0.29, 0.717) is 11.6 Å². The fourth-order valence-electron chi connectivity index (χ4n) is 1.95. The molecule has 1 aromatic heterocycles. The second kappa shape index (κ2) is 5.56. The van der Waals surface area contributed by atoms with E-state index in [2.05, 4.69) is 22.2 Å². The number of aromatic nitrogens is 2. The van der Waals surface area contributed by atoms with Gasteiger partial charge in [0.2, 0.25) is 5.88 Å².